The van der Waals surface area contributed by atoms with Crippen LogP contribution in [0.25, 0.3) is 0 Å². The zero-order valence-electron chi connectivity index (χ0n) is 13.3. The molecule has 0 bridgehead atoms. The van der Waals surface area contributed by atoms with Gasteiger partial charge in [-0.2, -0.15) is 0 Å². The van der Waals surface area contributed by atoms with E-state index in [1.165, 1.54) is 31.4 Å². The van der Waals surface area contributed by atoms with Crippen LogP contribution in [-0.4, -0.2) is 49.1 Å². The number of ether oxygens (including phenoxy) is 2. The standard InChI is InChI=1S/C16H21FN2O5/c1-23-15(21)8-12-6-7-13(14(9-20)24-12)19-16(22)18-11-4-2-10(17)3-5-11/h2-5,12-14,20H,6-9H2,1H3,(H2,18,19,22)/t12-,13-,14+/m0/s1. The molecule has 0 aliphatic carbocycles. The molecule has 2 rings (SSSR count). The van der Waals surface area contributed by atoms with Gasteiger partial charge < -0.3 is 25.2 Å². The smallest absolute Gasteiger partial charge is 0.319 e. The lowest BCUT2D eigenvalue weighted by Gasteiger charge is -2.35. The molecule has 1 aliphatic heterocycles. The third-order valence-corrected chi connectivity index (χ3v) is 3.84. The van der Waals surface area contributed by atoms with Gasteiger partial charge in [-0.3, -0.25) is 4.79 Å². The first-order chi connectivity index (χ1) is 11.5. The number of carbonyl (C=O) groups is 2. The number of esters is 1. The third kappa shape index (κ3) is 5.17. The second kappa shape index (κ2) is 8.60. The van der Waals surface area contributed by atoms with E-state index in [1.807, 2.05) is 0 Å². The van der Waals surface area contributed by atoms with Gasteiger partial charge in [0.1, 0.15) is 11.9 Å². The Morgan fingerprint density at radius 2 is 2.04 bits per heavy atom. The van der Waals surface area contributed by atoms with Gasteiger partial charge in [0.05, 0.1) is 32.3 Å². The van der Waals surface area contributed by atoms with E-state index >= 15 is 0 Å². The van der Waals surface area contributed by atoms with Crippen molar-refractivity contribution in [2.45, 2.75) is 37.5 Å². The Balaban J connectivity index is 1.86. The molecular weight excluding hydrogens is 319 g/mol. The predicted molar refractivity (Wildman–Crippen MR) is 84.0 cm³/mol. The number of halogens is 1. The van der Waals surface area contributed by atoms with Crippen molar-refractivity contribution in [2.75, 3.05) is 19.0 Å². The molecular formula is C16H21FN2O5. The van der Waals surface area contributed by atoms with Crippen molar-refractivity contribution in [3.05, 3.63) is 30.1 Å². The molecule has 0 aromatic heterocycles. The van der Waals surface area contributed by atoms with Crippen molar-refractivity contribution in [3.8, 4) is 0 Å². The van der Waals surface area contributed by atoms with Crippen LogP contribution >= 0.6 is 0 Å². The highest BCUT2D eigenvalue weighted by atomic mass is 19.1. The Kier molecular flexibility index (Phi) is 6.51. The Morgan fingerprint density at radius 3 is 2.67 bits per heavy atom. The number of hydrogen-bond donors (Lipinski definition) is 3. The van der Waals surface area contributed by atoms with Crippen LogP contribution < -0.4 is 10.6 Å². The minimum atomic E-state index is -0.604. The number of rotatable bonds is 5. The number of nitrogens with one attached hydrogen (secondary N) is 2. The lowest BCUT2D eigenvalue weighted by atomic mass is 9.97. The van der Waals surface area contributed by atoms with E-state index in [0.29, 0.717) is 18.5 Å². The normalized spacial score (nSPS) is 23.4. The number of hydrogen-bond acceptors (Lipinski definition) is 5. The first-order valence-electron chi connectivity index (χ1n) is 7.68. The molecule has 1 fully saturated rings. The summed E-state index contributed by atoms with van der Waals surface area (Å²) in [5.74, 6) is -0.768. The Labute approximate surface area is 139 Å². The van der Waals surface area contributed by atoms with E-state index < -0.39 is 18.0 Å². The van der Waals surface area contributed by atoms with Crippen LogP contribution in [0.5, 0.6) is 0 Å². The topological polar surface area (TPSA) is 96.9 Å². The van der Waals surface area contributed by atoms with Gasteiger partial charge in [0.2, 0.25) is 0 Å². The highest BCUT2D eigenvalue weighted by Crippen LogP contribution is 2.22. The van der Waals surface area contributed by atoms with Crippen molar-refractivity contribution in [3.63, 3.8) is 0 Å². The highest BCUT2D eigenvalue weighted by Gasteiger charge is 2.33. The zero-order chi connectivity index (χ0) is 17.5. The lowest BCUT2D eigenvalue weighted by Crippen LogP contribution is -2.52. The fourth-order valence-electron chi connectivity index (χ4n) is 2.58. The van der Waals surface area contributed by atoms with Gasteiger partial charge in [0.25, 0.3) is 0 Å². The Morgan fingerprint density at radius 1 is 1.33 bits per heavy atom. The van der Waals surface area contributed by atoms with Crippen molar-refractivity contribution < 1.29 is 28.6 Å². The van der Waals surface area contributed by atoms with Gasteiger partial charge in [-0.05, 0) is 37.1 Å². The summed E-state index contributed by atoms with van der Waals surface area (Å²) in [6.07, 6.45) is 0.290. The lowest BCUT2D eigenvalue weighted by molar-refractivity contribution is -0.149. The Bertz CT molecular complexity index is 566. The maximum atomic E-state index is 12.8. The third-order valence-electron chi connectivity index (χ3n) is 3.84. The fourth-order valence-corrected chi connectivity index (χ4v) is 2.58. The van der Waals surface area contributed by atoms with Crippen LogP contribution in [0, 0.1) is 5.82 Å². The number of benzene rings is 1. The summed E-state index contributed by atoms with van der Waals surface area (Å²) in [7, 11) is 1.30. The van der Waals surface area contributed by atoms with Gasteiger partial charge in [-0.25, -0.2) is 9.18 Å². The molecule has 8 heteroatoms. The summed E-state index contributed by atoms with van der Waals surface area (Å²) in [5, 5.41) is 14.8. The van der Waals surface area contributed by atoms with Gasteiger partial charge >= 0.3 is 12.0 Å². The number of urea groups is 1. The van der Waals surface area contributed by atoms with Crippen molar-refractivity contribution in [2.24, 2.45) is 0 Å². The summed E-state index contributed by atoms with van der Waals surface area (Å²) >= 11 is 0. The summed E-state index contributed by atoms with van der Waals surface area (Å²) in [5.41, 5.74) is 0.453. The molecule has 1 aromatic rings. The molecule has 3 N–H and O–H groups in total. The number of anilines is 1. The number of methoxy groups -OCH3 is 1. The van der Waals surface area contributed by atoms with Gasteiger partial charge in [0, 0.05) is 5.69 Å². The van der Waals surface area contributed by atoms with Crippen molar-refractivity contribution >= 4 is 17.7 Å². The number of aliphatic hydroxyl groups excluding tert-OH is 1. The number of carbonyl (C=O) groups excluding carboxylic acids is 2. The quantitative estimate of drug-likeness (QED) is 0.705. The Hall–Kier alpha value is -2.19. The van der Waals surface area contributed by atoms with Crippen LogP contribution in [0.1, 0.15) is 19.3 Å². The monoisotopic (exact) mass is 340 g/mol. The van der Waals surface area contributed by atoms with Crippen LogP contribution in [0.4, 0.5) is 14.9 Å². The average molecular weight is 340 g/mol. The molecule has 1 aromatic carbocycles. The zero-order valence-corrected chi connectivity index (χ0v) is 13.3. The van der Waals surface area contributed by atoms with E-state index in [2.05, 4.69) is 15.4 Å². The first kappa shape index (κ1) is 18.2. The number of amides is 2. The highest BCUT2D eigenvalue weighted by molar-refractivity contribution is 5.89. The van der Waals surface area contributed by atoms with Gasteiger partial charge in [-0.1, -0.05) is 0 Å². The number of aliphatic hydroxyl groups is 1. The molecule has 3 atom stereocenters. The van der Waals surface area contributed by atoms with E-state index in [4.69, 9.17) is 4.74 Å². The minimum absolute atomic E-state index is 0.113. The van der Waals surface area contributed by atoms with E-state index in [-0.39, 0.29) is 31.1 Å². The summed E-state index contributed by atoms with van der Waals surface area (Å²) in [4.78, 5) is 23.3. The molecule has 0 radical (unpaired) electrons. The van der Waals surface area contributed by atoms with E-state index in [0.717, 1.165) is 0 Å². The fraction of sp³-hybridized carbons (Fsp3) is 0.500. The van der Waals surface area contributed by atoms with Crippen LogP contribution in [0.2, 0.25) is 0 Å². The average Bonchev–Trinajstić information content (AvgIpc) is 2.58. The molecule has 1 heterocycles. The molecule has 24 heavy (non-hydrogen) atoms. The maximum absolute atomic E-state index is 12.8. The SMILES string of the molecule is COC(=O)C[C@@H]1CC[C@H](NC(=O)Nc2ccc(F)cc2)[C@@H](CO)O1. The molecule has 7 nitrogen and oxygen atoms in total. The molecule has 0 unspecified atom stereocenters. The van der Waals surface area contributed by atoms with Crippen LogP contribution in [-0.2, 0) is 14.3 Å². The summed E-state index contributed by atoms with van der Waals surface area (Å²) < 4.78 is 23.1. The minimum Gasteiger partial charge on any atom is -0.469 e. The van der Waals surface area contributed by atoms with Gasteiger partial charge in [0.15, 0.2) is 0 Å². The second-order valence-corrected chi connectivity index (χ2v) is 5.55. The van der Waals surface area contributed by atoms with Gasteiger partial charge in [-0.15, -0.1) is 0 Å². The van der Waals surface area contributed by atoms with E-state index in [9.17, 15) is 19.1 Å². The molecule has 1 aliphatic rings. The predicted octanol–water partition coefficient (Wildman–Crippen LogP) is 1.42. The summed E-state index contributed by atoms with van der Waals surface area (Å²) in [6.45, 7) is -0.279. The van der Waals surface area contributed by atoms with Crippen molar-refractivity contribution in [1.29, 1.82) is 0 Å². The van der Waals surface area contributed by atoms with Crippen LogP contribution in [0.15, 0.2) is 24.3 Å². The molecule has 2 amide bonds. The molecule has 1 saturated heterocycles. The molecule has 132 valence electrons. The molecule has 0 saturated carbocycles. The maximum Gasteiger partial charge on any atom is 0.319 e. The van der Waals surface area contributed by atoms with E-state index in [1.54, 1.807) is 0 Å². The second-order valence-electron chi connectivity index (χ2n) is 5.55. The first-order valence-corrected chi connectivity index (χ1v) is 7.68. The van der Waals surface area contributed by atoms with Crippen molar-refractivity contribution in [1.82, 2.24) is 5.32 Å². The largest absolute Gasteiger partial charge is 0.469 e. The van der Waals surface area contributed by atoms with Crippen LogP contribution in [0.3, 0.4) is 0 Å². The molecule has 0 spiro atoms. The summed E-state index contributed by atoms with van der Waals surface area (Å²) in [6, 6.07) is 4.52.